The Morgan fingerprint density at radius 1 is 1.58 bits per heavy atom. The summed E-state index contributed by atoms with van der Waals surface area (Å²) in [6, 6.07) is 0. The molecule has 0 aromatic carbocycles. The van der Waals surface area contributed by atoms with E-state index in [4.69, 9.17) is 10.3 Å². The number of carbonyl (C=O) groups excluding carboxylic acids is 1. The van der Waals surface area contributed by atoms with Gasteiger partial charge in [0.2, 0.25) is 0 Å². The number of ether oxygens (including phenoxy) is 1. The fourth-order valence-corrected chi connectivity index (χ4v) is 3.99. The first-order valence-corrected chi connectivity index (χ1v) is 7.66. The first-order valence-electron chi connectivity index (χ1n) is 6.51. The lowest BCUT2D eigenvalue weighted by molar-refractivity contribution is -0.156. The normalized spacial score (nSPS) is 25.4. The molecule has 108 valence electrons. The van der Waals surface area contributed by atoms with Crippen LogP contribution in [0, 0.1) is 5.41 Å². The quantitative estimate of drug-likeness (QED) is 0.267. The van der Waals surface area contributed by atoms with Gasteiger partial charge in [0, 0.05) is 23.8 Å². The van der Waals surface area contributed by atoms with Gasteiger partial charge in [-0.25, -0.2) is 4.79 Å². The Bertz CT molecular complexity index is 369. The lowest BCUT2D eigenvalue weighted by atomic mass is 9.70. The molecule has 1 aliphatic rings. The summed E-state index contributed by atoms with van der Waals surface area (Å²) in [7, 11) is 0. The van der Waals surface area contributed by atoms with Gasteiger partial charge >= 0.3 is 5.97 Å². The fraction of sp³-hybridized carbons (Fsp3) is 0.917. The second-order valence-electron chi connectivity index (χ2n) is 5.19. The standard InChI is InChI=1S/C12H22N4O2S/c1-4-18-10(17)12(14-6-7-15-16-13)9-19-8-5-11(12,2)3/h14H,4-9H2,1-3H3. The van der Waals surface area contributed by atoms with Gasteiger partial charge in [-0.15, -0.1) is 0 Å². The number of hydrogen-bond acceptors (Lipinski definition) is 5. The summed E-state index contributed by atoms with van der Waals surface area (Å²) in [6.07, 6.45) is 0.949. The molecule has 1 unspecified atom stereocenters. The Morgan fingerprint density at radius 3 is 2.89 bits per heavy atom. The maximum Gasteiger partial charge on any atom is 0.327 e. The summed E-state index contributed by atoms with van der Waals surface area (Å²) in [4.78, 5) is 15.1. The molecule has 0 bridgehead atoms. The first kappa shape index (κ1) is 16.1. The molecule has 0 aliphatic carbocycles. The molecule has 1 N–H and O–H groups in total. The Labute approximate surface area is 118 Å². The van der Waals surface area contributed by atoms with Crippen molar-refractivity contribution in [2.45, 2.75) is 32.7 Å². The molecule has 1 atom stereocenters. The van der Waals surface area contributed by atoms with E-state index in [1.165, 1.54) is 0 Å². The van der Waals surface area contributed by atoms with Crippen LogP contribution in [-0.4, -0.2) is 42.7 Å². The van der Waals surface area contributed by atoms with Crippen LogP contribution >= 0.6 is 11.8 Å². The minimum absolute atomic E-state index is 0.180. The number of hydrogen-bond donors (Lipinski definition) is 1. The Morgan fingerprint density at radius 2 is 2.32 bits per heavy atom. The van der Waals surface area contributed by atoms with Gasteiger partial charge < -0.3 is 10.1 Å². The zero-order valence-corrected chi connectivity index (χ0v) is 12.6. The van der Waals surface area contributed by atoms with Gasteiger partial charge in [-0.05, 0) is 30.0 Å². The van der Waals surface area contributed by atoms with Gasteiger partial charge in [0.05, 0.1) is 6.61 Å². The molecular weight excluding hydrogens is 264 g/mol. The van der Waals surface area contributed by atoms with Crippen LogP contribution in [0.15, 0.2) is 5.11 Å². The fourth-order valence-electron chi connectivity index (χ4n) is 2.28. The SMILES string of the molecule is CCOC(=O)C1(NCCN=[N+]=[N-])CSCCC1(C)C. The maximum atomic E-state index is 12.4. The third kappa shape index (κ3) is 3.55. The monoisotopic (exact) mass is 286 g/mol. The van der Waals surface area contributed by atoms with E-state index < -0.39 is 5.54 Å². The maximum absolute atomic E-state index is 12.4. The summed E-state index contributed by atoms with van der Waals surface area (Å²) in [5, 5.41) is 6.78. The van der Waals surface area contributed by atoms with Crippen molar-refractivity contribution in [2.24, 2.45) is 10.5 Å². The molecule has 0 aromatic heterocycles. The highest BCUT2D eigenvalue weighted by Crippen LogP contribution is 2.43. The highest BCUT2D eigenvalue weighted by atomic mass is 32.2. The molecule has 0 spiro atoms. The van der Waals surface area contributed by atoms with E-state index in [2.05, 4.69) is 29.2 Å². The van der Waals surface area contributed by atoms with Crippen LogP contribution in [0.1, 0.15) is 27.2 Å². The van der Waals surface area contributed by atoms with Crippen molar-refractivity contribution < 1.29 is 9.53 Å². The van der Waals surface area contributed by atoms with Gasteiger partial charge in [0.15, 0.2) is 0 Å². The highest BCUT2D eigenvalue weighted by molar-refractivity contribution is 7.99. The molecule has 19 heavy (non-hydrogen) atoms. The largest absolute Gasteiger partial charge is 0.465 e. The molecule has 1 fully saturated rings. The third-order valence-electron chi connectivity index (χ3n) is 3.67. The summed E-state index contributed by atoms with van der Waals surface area (Å²) < 4.78 is 5.26. The number of carbonyl (C=O) groups is 1. The van der Waals surface area contributed by atoms with E-state index in [1.54, 1.807) is 11.8 Å². The van der Waals surface area contributed by atoms with Crippen LogP contribution in [-0.2, 0) is 9.53 Å². The van der Waals surface area contributed by atoms with Crippen LogP contribution in [0.2, 0.25) is 0 Å². The Hall–Kier alpha value is -0.910. The predicted octanol–water partition coefficient (Wildman–Crippen LogP) is 2.35. The number of esters is 1. The van der Waals surface area contributed by atoms with Crippen LogP contribution < -0.4 is 5.32 Å². The van der Waals surface area contributed by atoms with Gasteiger partial charge in [-0.3, -0.25) is 0 Å². The van der Waals surface area contributed by atoms with Crippen molar-refractivity contribution in [2.75, 3.05) is 31.2 Å². The summed E-state index contributed by atoms with van der Waals surface area (Å²) in [5.41, 5.74) is 7.42. The van der Waals surface area contributed by atoms with Crippen LogP contribution in [0.3, 0.4) is 0 Å². The second kappa shape index (κ2) is 7.03. The zero-order chi connectivity index (χ0) is 14.4. The van der Waals surface area contributed by atoms with Crippen molar-refractivity contribution in [1.82, 2.24) is 5.32 Å². The molecule has 0 amide bonds. The number of thioether (sulfide) groups is 1. The van der Waals surface area contributed by atoms with Gasteiger partial charge in [0.25, 0.3) is 0 Å². The summed E-state index contributed by atoms with van der Waals surface area (Å²) in [6.45, 7) is 7.17. The molecule has 7 heteroatoms. The minimum Gasteiger partial charge on any atom is -0.465 e. The van der Waals surface area contributed by atoms with Crippen LogP contribution in [0.4, 0.5) is 0 Å². The molecule has 1 heterocycles. The average Bonchev–Trinajstić information content (AvgIpc) is 2.36. The number of nitrogens with one attached hydrogen (secondary N) is 1. The smallest absolute Gasteiger partial charge is 0.327 e. The zero-order valence-electron chi connectivity index (χ0n) is 11.8. The van der Waals surface area contributed by atoms with E-state index in [9.17, 15) is 4.79 Å². The van der Waals surface area contributed by atoms with Crippen molar-refractivity contribution in [3.8, 4) is 0 Å². The second-order valence-corrected chi connectivity index (χ2v) is 6.30. The molecule has 1 aliphatic heterocycles. The minimum atomic E-state index is -0.698. The van der Waals surface area contributed by atoms with Gasteiger partial charge in [-0.2, -0.15) is 11.8 Å². The molecule has 1 saturated heterocycles. The molecule has 0 aromatic rings. The number of rotatable bonds is 6. The van der Waals surface area contributed by atoms with Gasteiger partial charge in [-0.1, -0.05) is 19.0 Å². The van der Waals surface area contributed by atoms with Crippen molar-refractivity contribution in [3.63, 3.8) is 0 Å². The lowest BCUT2D eigenvalue weighted by Gasteiger charge is -2.48. The Balaban J connectivity index is 2.88. The van der Waals surface area contributed by atoms with Crippen molar-refractivity contribution in [1.29, 1.82) is 0 Å². The predicted molar refractivity (Wildman–Crippen MR) is 77.1 cm³/mol. The number of azide groups is 1. The van der Waals surface area contributed by atoms with Gasteiger partial charge in [0.1, 0.15) is 5.54 Å². The molecule has 0 radical (unpaired) electrons. The summed E-state index contributed by atoms with van der Waals surface area (Å²) >= 11 is 1.76. The molecular formula is C12H22N4O2S. The lowest BCUT2D eigenvalue weighted by Crippen LogP contribution is -2.66. The molecule has 0 saturated carbocycles. The van der Waals surface area contributed by atoms with Crippen LogP contribution in [0.5, 0.6) is 0 Å². The molecule has 6 nitrogen and oxygen atoms in total. The highest BCUT2D eigenvalue weighted by Gasteiger charge is 2.53. The average molecular weight is 286 g/mol. The van der Waals surface area contributed by atoms with Crippen LogP contribution in [0.25, 0.3) is 10.4 Å². The molecule has 1 rings (SSSR count). The third-order valence-corrected chi connectivity index (χ3v) is 4.80. The van der Waals surface area contributed by atoms with E-state index in [0.717, 1.165) is 12.2 Å². The summed E-state index contributed by atoms with van der Waals surface area (Å²) in [5.74, 6) is 1.54. The van der Waals surface area contributed by atoms with E-state index in [1.807, 2.05) is 6.92 Å². The van der Waals surface area contributed by atoms with E-state index in [-0.39, 0.29) is 11.4 Å². The van der Waals surface area contributed by atoms with E-state index in [0.29, 0.717) is 25.4 Å². The Kier molecular flexibility index (Phi) is 5.97. The van der Waals surface area contributed by atoms with E-state index >= 15 is 0 Å². The first-order chi connectivity index (χ1) is 9.00. The van der Waals surface area contributed by atoms with Crippen molar-refractivity contribution in [3.05, 3.63) is 10.4 Å². The topological polar surface area (TPSA) is 87.1 Å². The van der Waals surface area contributed by atoms with Crippen molar-refractivity contribution >= 4 is 17.7 Å². The number of nitrogens with zero attached hydrogens (tertiary/aromatic N) is 3.